The van der Waals surface area contributed by atoms with E-state index < -0.39 is 0 Å². The minimum atomic E-state index is -0.269. The number of nitrogens with zero attached hydrogens (tertiary/aromatic N) is 5. The highest BCUT2D eigenvalue weighted by atomic mass is 19.1. The Morgan fingerprint density at radius 1 is 1.17 bits per heavy atom. The highest BCUT2D eigenvalue weighted by molar-refractivity contribution is 5.74. The Kier molecular flexibility index (Phi) is 5.94. The van der Waals surface area contributed by atoms with Gasteiger partial charge in [-0.1, -0.05) is 0 Å². The number of fused-ring (bicyclic) bond motifs is 1. The summed E-state index contributed by atoms with van der Waals surface area (Å²) in [6, 6.07) is 4.48. The summed E-state index contributed by atoms with van der Waals surface area (Å²) in [7, 11) is 1.59. The molecule has 2 aliphatic heterocycles. The Morgan fingerprint density at radius 2 is 2.00 bits per heavy atom. The second kappa shape index (κ2) is 8.77. The molecule has 0 spiro atoms. The average Bonchev–Trinajstić information content (AvgIpc) is 3.16. The van der Waals surface area contributed by atoms with Gasteiger partial charge in [-0.25, -0.2) is 9.18 Å². The number of hydrogen-bond acceptors (Lipinski definition) is 5. The second-order valence-corrected chi connectivity index (χ2v) is 7.52. The fourth-order valence-electron chi connectivity index (χ4n) is 3.99. The quantitative estimate of drug-likeness (QED) is 0.825. The van der Waals surface area contributed by atoms with Crippen LogP contribution in [0.15, 0.2) is 18.2 Å². The molecule has 4 rings (SSSR count). The van der Waals surface area contributed by atoms with Crippen molar-refractivity contribution in [1.29, 1.82) is 0 Å². The molecule has 1 saturated heterocycles. The first-order chi connectivity index (χ1) is 14.1. The summed E-state index contributed by atoms with van der Waals surface area (Å²) in [5.74, 6) is 2.25. The maximum absolute atomic E-state index is 13.6. The van der Waals surface area contributed by atoms with Crippen LogP contribution in [-0.4, -0.2) is 63.9 Å². The zero-order valence-electron chi connectivity index (χ0n) is 16.7. The zero-order valence-corrected chi connectivity index (χ0v) is 16.7. The van der Waals surface area contributed by atoms with Gasteiger partial charge in [0, 0.05) is 51.3 Å². The van der Waals surface area contributed by atoms with E-state index >= 15 is 0 Å². The monoisotopic (exact) mass is 402 g/mol. The van der Waals surface area contributed by atoms with E-state index in [-0.39, 0.29) is 11.8 Å². The van der Waals surface area contributed by atoms with Crippen molar-refractivity contribution in [1.82, 2.24) is 29.9 Å². The fourth-order valence-corrected chi connectivity index (χ4v) is 3.99. The van der Waals surface area contributed by atoms with Crippen molar-refractivity contribution in [3.63, 3.8) is 0 Å². The summed E-state index contributed by atoms with van der Waals surface area (Å²) in [5, 5.41) is 11.4. The molecule has 0 unspecified atom stereocenters. The average molecular weight is 402 g/mol. The van der Waals surface area contributed by atoms with Crippen LogP contribution in [0.4, 0.5) is 9.18 Å². The molecule has 29 heavy (non-hydrogen) atoms. The summed E-state index contributed by atoms with van der Waals surface area (Å²) >= 11 is 0. The molecule has 0 atom stereocenters. The van der Waals surface area contributed by atoms with Crippen molar-refractivity contribution in [2.75, 3.05) is 33.3 Å². The molecule has 0 bridgehead atoms. The lowest BCUT2D eigenvalue weighted by atomic mass is 10.1. The molecule has 1 fully saturated rings. The first-order valence-electron chi connectivity index (χ1n) is 10.1. The maximum Gasteiger partial charge on any atom is 0.317 e. The number of aryl methyl sites for hydroxylation is 1. The second-order valence-electron chi connectivity index (χ2n) is 7.52. The van der Waals surface area contributed by atoms with Gasteiger partial charge in [0.15, 0.2) is 5.82 Å². The number of benzene rings is 1. The van der Waals surface area contributed by atoms with Crippen LogP contribution in [0.25, 0.3) is 0 Å². The van der Waals surface area contributed by atoms with Crippen LogP contribution in [0.5, 0.6) is 5.75 Å². The van der Waals surface area contributed by atoms with Crippen LogP contribution < -0.4 is 10.1 Å². The van der Waals surface area contributed by atoms with E-state index in [0.717, 1.165) is 56.1 Å². The van der Waals surface area contributed by atoms with Crippen molar-refractivity contribution < 1.29 is 13.9 Å². The van der Waals surface area contributed by atoms with E-state index in [1.807, 2.05) is 4.90 Å². The standard InChI is InChI=1S/C20H27FN6O2/c1-29-17-6-5-16(21)12-15(17)14-25-8-10-26(11-9-25)20(28)22-13-19-24-23-18-4-2-3-7-27(18)19/h5-6,12H,2-4,7-11,13-14H2,1H3,(H,22,28). The van der Waals surface area contributed by atoms with Crippen LogP contribution >= 0.6 is 0 Å². The Hall–Kier alpha value is -2.68. The molecule has 2 aliphatic rings. The van der Waals surface area contributed by atoms with Crippen molar-refractivity contribution >= 4 is 6.03 Å². The van der Waals surface area contributed by atoms with Crippen molar-refractivity contribution in [2.45, 2.75) is 38.9 Å². The van der Waals surface area contributed by atoms with Crippen molar-refractivity contribution in [3.05, 3.63) is 41.2 Å². The lowest BCUT2D eigenvalue weighted by molar-refractivity contribution is 0.134. The first-order valence-corrected chi connectivity index (χ1v) is 10.1. The summed E-state index contributed by atoms with van der Waals surface area (Å²) in [6.45, 7) is 4.63. The van der Waals surface area contributed by atoms with E-state index in [2.05, 4.69) is 25.0 Å². The van der Waals surface area contributed by atoms with Crippen LogP contribution in [0, 0.1) is 5.82 Å². The number of halogens is 1. The number of piperazine rings is 1. The first kappa shape index (κ1) is 19.6. The van der Waals surface area contributed by atoms with E-state index in [0.29, 0.717) is 31.9 Å². The largest absolute Gasteiger partial charge is 0.496 e. The van der Waals surface area contributed by atoms with Crippen LogP contribution in [0.3, 0.4) is 0 Å². The molecule has 0 aliphatic carbocycles. The molecule has 3 heterocycles. The highest BCUT2D eigenvalue weighted by Crippen LogP contribution is 2.21. The number of rotatable bonds is 5. The van der Waals surface area contributed by atoms with Crippen LogP contribution in [0.1, 0.15) is 30.1 Å². The Balaban J connectivity index is 1.27. The van der Waals surface area contributed by atoms with E-state index in [9.17, 15) is 9.18 Å². The third kappa shape index (κ3) is 4.50. The Morgan fingerprint density at radius 3 is 2.79 bits per heavy atom. The molecule has 2 amide bonds. The van der Waals surface area contributed by atoms with Gasteiger partial charge in [0.2, 0.25) is 0 Å². The van der Waals surface area contributed by atoms with Gasteiger partial charge in [0.25, 0.3) is 0 Å². The normalized spacial score (nSPS) is 17.1. The third-order valence-electron chi connectivity index (χ3n) is 5.63. The molecule has 1 aromatic carbocycles. The summed E-state index contributed by atoms with van der Waals surface area (Å²) < 4.78 is 21.0. The van der Waals surface area contributed by atoms with Gasteiger partial charge in [-0.2, -0.15) is 0 Å². The lowest BCUT2D eigenvalue weighted by Crippen LogP contribution is -2.51. The maximum atomic E-state index is 13.6. The Bertz CT molecular complexity index is 863. The molecule has 9 heteroatoms. The molecule has 0 radical (unpaired) electrons. The van der Waals surface area contributed by atoms with Crippen molar-refractivity contribution in [3.8, 4) is 5.75 Å². The van der Waals surface area contributed by atoms with Gasteiger partial charge < -0.3 is 19.5 Å². The Labute approximate surface area is 169 Å². The number of carbonyl (C=O) groups excluding carboxylic acids is 1. The molecule has 1 N–H and O–H groups in total. The molecular weight excluding hydrogens is 375 g/mol. The van der Waals surface area contributed by atoms with Gasteiger partial charge in [-0.05, 0) is 31.0 Å². The number of hydrogen-bond donors (Lipinski definition) is 1. The molecular formula is C20H27FN6O2. The topological polar surface area (TPSA) is 75.5 Å². The number of amides is 2. The van der Waals surface area contributed by atoms with Crippen molar-refractivity contribution in [2.24, 2.45) is 0 Å². The molecule has 0 saturated carbocycles. The summed E-state index contributed by atoms with van der Waals surface area (Å²) in [6.07, 6.45) is 3.24. The summed E-state index contributed by atoms with van der Waals surface area (Å²) in [5.41, 5.74) is 0.821. The van der Waals surface area contributed by atoms with Crippen LogP contribution in [-0.2, 0) is 26.1 Å². The summed E-state index contributed by atoms with van der Waals surface area (Å²) in [4.78, 5) is 16.6. The number of carbonyl (C=O) groups is 1. The minimum absolute atomic E-state index is 0.0823. The van der Waals surface area contributed by atoms with E-state index in [1.54, 1.807) is 13.2 Å². The molecule has 1 aromatic heterocycles. The number of aromatic nitrogens is 3. The van der Waals surface area contributed by atoms with Crippen LogP contribution in [0.2, 0.25) is 0 Å². The van der Waals surface area contributed by atoms with E-state index in [4.69, 9.17) is 4.74 Å². The zero-order chi connectivity index (χ0) is 20.2. The van der Waals surface area contributed by atoms with Gasteiger partial charge in [0.05, 0.1) is 13.7 Å². The molecule has 2 aromatic rings. The predicted molar refractivity (Wildman–Crippen MR) is 105 cm³/mol. The number of ether oxygens (including phenoxy) is 1. The number of methoxy groups -OCH3 is 1. The molecule has 156 valence electrons. The van der Waals surface area contributed by atoms with Gasteiger partial charge >= 0.3 is 6.03 Å². The smallest absolute Gasteiger partial charge is 0.317 e. The third-order valence-corrected chi connectivity index (χ3v) is 5.63. The SMILES string of the molecule is COc1ccc(F)cc1CN1CCN(C(=O)NCc2nnc3n2CCCC3)CC1. The van der Waals surface area contributed by atoms with Gasteiger partial charge in [0.1, 0.15) is 17.4 Å². The van der Waals surface area contributed by atoms with E-state index in [1.165, 1.54) is 12.1 Å². The predicted octanol–water partition coefficient (Wildman–Crippen LogP) is 1.79. The number of urea groups is 1. The minimum Gasteiger partial charge on any atom is -0.496 e. The van der Waals surface area contributed by atoms with Gasteiger partial charge in [-0.15, -0.1) is 10.2 Å². The fraction of sp³-hybridized carbons (Fsp3) is 0.550. The highest BCUT2D eigenvalue weighted by Gasteiger charge is 2.23. The number of nitrogens with one attached hydrogen (secondary N) is 1. The lowest BCUT2D eigenvalue weighted by Gasteiger charge is -2.34. The van der Waals surface area contributed by atoms with Gasteiger partial charge in [-0.3, -0.25) is 4.90 Å². The molecule has 8 nitrogen and oxygen atoms in total.